The van der Waals surface area contributed by atoms with Gasteiger partial charge in [0.2, 0.25) is 11.8 Å². The highest BCUT2D eigenvalue weighted by Crippen LogP contribution is 2.17. The van der Waals surface area contributed by atoms with Crippen LogP contribution < -0.4 is 10.1 Å². The summed E-state index contributed by atoms with van der Waals surface area (Å²) in [7, 11) is 1.64. The second-order valence-corrected chi connectivity index (χ2v) is 5.88. The second kappa shape index (κ2) is 9.18. The van der Waals surface area contributed by atoms with E-state index in [1.165, 1.54) is 12.8 Å². The van der Waals surface area contributed by atoms with Crippen molar-refractivity contribution in [3.63, 3.8) is 0 Å². The third-order valence-corrected chi connectivity index (χ3v) is 4.18. The van der Waals surface area contributed by atoms with Crippen molar-refractivity contribution in [3.8, 4) is 5.75 Å². The molecule has 1 aromatic carbocycles. The van der Waals surface area contributed by atoms with Crippen LogP contribution in [-0.4, -0.2) is 43.5 Å². The summed E-state index contributed by atoms with van der Waals surface area (Å²) < 4.78 is 5.29. The van der Waals surface area contributed by atoms with E-state index in [0.29, 0.717) is 13.0 Å². The van der Waals surface area contributed by atoms with Gasteiger partial charge in [0.1, 0.15) is 12.2 Å². The van der Waals surface area contributed by atoms with Crippen molar-refractivity contribution in [1.29, 1.82) is 0 Å². The van der Waals surface area contributed by atoms with Crippen LogP contribution >= 0.6 is 0 Å². The molecule has 1 N–H and O–H groups in total. The number of para-hydroxylation sites is 1. The SMILES string of the molecule is COc1ccccc1CCNC(=O)CC(=O)N1CCCCCC1. The average Bonchev–Trinajstić information content (AvgIpc) is 2.84. The lowest BCUT2D eigenvalue weighted by Crippen LogP contribution is -2.36. The maximum atomic E-state index is 12.1. The average molecular weight is 318 g/mol. The number of methoxy groups -OCH3 is 1. The summed E-state index contributed by atoms with van der Waals surface area (Å²) in [6.45, 7) is 2.08. The summed E-state index contributed by atoms with van der Waals surface area (Å²) >= 11 is 0. The monoisotopic (exact) mass is 318 g/mol. The molecule has 1 aliphatic rings. The van der Waals surface area contributed by atoms with Crippen LogP contribution in [0.15, 0.2) is 24.3 Å². The van der Waals surface area contributed by atoms with Crippen LogP contribution in [0, 0.1) is 0 Å². The molecule has 1 aliphatic heterocycles. The number of likely N-dealkylation sites (tertiary alicyclic amines) is 1. The van der Waals surface area contributed by atoms with Gasteiger partial charge >= 0.3 is 0 Å². The number of hydrogen-bond donors (Lipinski definition) is 1. The molecule has 1 heterocycles. The fourth-order valence-electron chi connectivity index (χ4n) is 2.88. The van der Waals surface area contributed by atoms with Crippen molar-refractivity contribution >= 4 is 11.8 Å². The van der Waals surface area contributed by atoms with E-state index in [1.807, 2.05) is 29.2 Å². The Morgan fingerprint density at radius 3 is 2.52 bits per heavy atom. The second-order valence-electron chi connectivity index (χ2n) is 5.88. The molecule has 0 radical (unpaired) electrons. The molecule has 0 aliphatic carbocycles. The molecule has 0 atom stereocenters. The van der Waals surface area contributed by atoms with Gasteiger partial charge in [0.15, 0.2) is 0 Å². The summed E-state index contributed by atoms with van der Waals surface area (Å²) in [4.78, 5) is 25.9. The van der Waals surface area contributed by atoms with Crippen LogP contribution in [0.3, 0.4) is 0 Å². The molecule has 1 fully saturated rings. The predicted molar refractivity (Wildman–Crippen MR) is 89.4 cm³/mol. The number of carbonyl (C=O) groups excluding carboxylic acids is 2. The van der Waals surface area contributed by atoms with Gasteiger partial charge in [-0.15, -0.1) is 0 Å². The van der Waals surface area contributed by atoms with Gasteiger partial charge in [-0.05, 0) is 30.9 Å². The highest BCUT2D eigenvalue weighted by atomic mass is 16.5. The summed E-state index contributed by atoms with van der Waals surface area (Å²) in [6, 6.07) is 7.75. The lowest BCUT2D eigenvalue weighted by molar-refractivity contribution is -0.136. The van der Waals surface area contributed by atoms with Crippen molar-refractivity contribution < 1.29 is 14.3 Å². The van der Waals surface area contributed by atoms with Crippen LogP contribution in [0.4, 0.5) is 0 Å². The molecule has 0 unspecified atom stereocenters. The number of carbonyl (C=O) groups is 2. The van der Waals surface area contributed by atoms with Crippen LogP contribution in [0.5, 0.6) is 5.75 Å². The first-order chi connectivity index (χ1) is 11.2. The Labute approximate surface area is 138 Å². The van der Waals surface area contributed by atoms with Gasteiger partial charge in [-0.25, -0.2) is 0 Å². The number of nitrogens with one attached hydrogen (secondary N) is 1. The Kier molecular flexibility index (Phi) is 6.91. The number of amides is 2. The summed E-state index contributed by atoms with van der Waals surface area (Å²) in [6.07, 6.45) is 5.08. The first-order valence-corrected chi connectivity index (χ1v) is 8.37. The zero-order valence-electron chi connectivity index (χ0n) is 13.8. The number of rotatable bonds is 6. The smallest absolute Gasteiger partial charge is 0.232 e. The van der Waals surface area contributed by atoms with Crippen LogP contribution in [0.1, 0.15) is 37.7 Å². The van der Waals surface area contributed by atoms with Gasteiger partial charge in [0.25, 0.3) is 0 Å². The van der Waals surface area contributed by atoms with Gasteiger partial charge in [0.05, 0.1) is 7.11 Å². The first kappa shape index (κ1) is 17.3. The molecule has 0 saturated carbocycles. The van der Waals surface area contributed by atoms with Gasteiger partial charge in [0, 0.05) is 19.6 Å². The maximum Gasteiger partial charge on any atom is 0.232 e. The van der Waals surface area contributed by atoms with Gasteiger partial charge in [-0.3, -0.25) is 9.59 Å². The quantitative estimate of drug-likeness (QED) is 0.818. The van der Waals surface area contributed by atoms with E-state index in [2.05, 4.69) is 5.32 Å². The standard InChI is InChI=1S/C18H26N2O3/c1-23-16-9-5-4-8-15(16)10-11-19-17(21)14-18(22)20-12-6-2-3-7-13-20/h4-5,8-9H,2-3,6-7,10-14H2,1H3,(H,19,21). The fraction of sp³-hybridized carbons (Fsp3) is 0.556. The van der Waals surface area contributed by atoms with Gasteiger partial charge in [-0.2, -0.15) is 0 Å². The minimum Gasteiger partial charge on any atom is -0.496 e. The van der Waals surface area contributed by atoms with Gasteiger partial charge < -0.3 is 15.0 Å². The van der Waals surface area contributed by atoms with Crippen LogP contribution in [0.2, 0.25) is 0 Å². The third-order valence-electron chi connectivity index (χ3n) is 4.18. The predicted octanol–water partition coefficient (Wildman–Crippen LogP) is 2.15. The van der Waals surface area contributed by atoms with Crippen molar-refractivity contribution in [1.82, 2.24) is 10.2 Å². The Morgan fingerprint density at radius 2 is 1.83 bits per heavy atom. The van der Waals surface area contributed by atoms with Gasteiger partial charge in [-0.1, -0.05) is 31.0 Å². The molecule has 23 heavy (non-hydrogen) atoms. The van der Waals surface area contributed by atoms with Crippen molar-refractivity contribution in [2.24, 2.45) is 0 Å². The Bertz CT molecular complexity index is 523. The fourth-order valence-corrected chi connectivity index (χ4v) is 2.88. The molecule has 5 heteroatoms. The molecule has 2 rings (SSSR count). The van der Waals surface area contributed by atoms with E-state index >= 15 is 0 Å². The molecule has 5 nitrogen and oxygen atoms in total. The summed E-state index contributed by atoms with van der Waals surface area (Å²) in [5.41, 5.74) is 1.05. The lowest BCUT2D eigenvalue weighted by atomic mass is 10.1. The minimum absolute atomic E-state index is 0.0497. The van der Waals surface area contributed by atoms with E-state index in [0.717, 1.165) is 37.2 Å². The molecule has 126 valence electrons. The Balaban J connectivity index is 1.73. The molecule has 0 aromatic heterocycles. The topological polar surface area (TPSA) is 58.6 Å². The molecular formula is C18H26N2O3. The maximum absolute atomic E-state index is 12.1. The van der Waals surface area contributed by atoms with E-state index in [9.17, 15) is 9.59 Å². The van der Waals surface area contributed by atoms with E-state index in [1.54, 1.807) is 7.11 Å². The van der Waals surface area contributed by atoms with Crippen molar-refractivity contribution in [2.75, 3.05) is 26.7 Å². The highest BCUT2D eigenvalue weighted by molar-refractivity contribution is 5.96. The normalized spacial score (nSPS) is 14.9. The number of benzene rings is 1. The number of hydrogen-bond acceptors (Lipinski definition) is 3. The van der Waals surface area contributed by atoms with E-state index < -0.39 is 0 Å². The molecule has 1 aromatic rings. The zero-order valence-corrected chi connectivity index (χ0v) is 13.8. The van der Waals surface area contributed by atoms with E-state index in [-0.39, 0.29) is 18.2 Å². The molecular weight excluding hydrogens is 292 g/mol. The molecule has 2 amide bonds. The summed E-state index contributed by atoms with van der Waals surface area (Å²) in [5, 5.41) is 2.83. The number of ether oxygens (including phenoxy) is 1. The molecule has 0 spiro atoms. The molecule has 1 saturated heterocycles. The Morgan fingerprint density at radius 1 is 1.13 bits per heavy atom. The largest absolute Gasteiger partial charge is 0.496 e. The highest BCUT2D eigenvalue weighted by Gasteiger charge is 2.18. The van der Waals surface area contributed by atoms with Crippen LogP contribution in [-0.2, 0) is 16.0 Å². The minimum atomic E-state index is -0.200. The van der Waals surface area contributed by atoms with Crippen molar-refractivity contribution in [3.05, 3.63) is 29.8 Å². The van der Waals surface area contributed by atoms with Crippen molar-refractivity contribution in [2.45, 2.75) is 38.5 Å². The first-order valence-electron chi connectivity index (χ1n) is 8.37. The third kappa shape index (κ3) is 5.58. The Hall–Kier alpha value is -2.04. The van der Waals surface area contributed by atoms with Crippen LogP contribution in [0.25, 0.3) is 0 Å². The zero-order chi connectivity index (χ0) is 16.5. The lowest BCUT2D eigenvalue weighted by Gasteiger charge is -2.20. The van der Waals surface area contributed by atoms with E-state index in [4.69, 9.17) is 4.74 Å². The summed E-state index contributed by atoms with van der Waals surface area (Å²) in [5.74, 6) is 0.568. The molecule has 0 bridgehead atoms. The number of nitrogens with zero attached hydrogens (tertiary/aromatic N) is 1.